The monoisotopic (exact) mass is 273 g/mol. The Morgan fingerprint density at radius 3 is 2.45 bits per heavy atom. The van der Waals surface area contributed by atoms with Crippen molar-refractivity contribution in [1.29, 1.82) is 0 Å². The molecule has 1 aromatic carbocycles. The zero-order chi connectivity index (χ0) is 15.0. The summed E-state index contributed by atoms with van der Waals surface area (Å²) in [5.41, 5.74) is 1.72. The van der Waals surface area contributed by atoms with Crippen LogP contribution in [0.2, 0.25) is 0 Å². The lowest BCUT2D eigenvalue weighted by molar-refractivity contribution is 0.0949. The van der Waals surface area contributed by atoms with Crippen LogP contribution in [-0.2, 0) is 0 Å². The number of nitrogens with one attached hydrogen (secondary N) is 1. The summed E-state index contributed by atoms with van der Waals surface area (Å²) in [6, 6.07) is 7.19. The molecule has 0 aliphatic heterocycles. The van der Waals surface area contributed by atoms with E-state index in [4.69, 9.17) is 5.11 Å². The van der Waals surface area contributed by atoms with Gasteiger partial charge in [0.2, 0.25) is 0 Å². The largest absolute Gasteiger partial charge is 0.395 e. The molecule has 0 bridgehead atoms. The van der Waals surface area contributed by atoms with Crippen molar-refractivity contribution in [3.8, 4) is 11.8 Å². The molecule has 0 atom stereocenters. The van der Waals surface area contributed by atoms with Crippen molar-refractivity contribution in [1.82, 2.24) is 5.32 Å². The molecule has 3 heteroatoms. The molecule has 3 nitrogen and oxygen atoms in total. The highest BCUT2D eigenvalue weighted by Gasteiger charge is 2.11. The van der Waals surface area contributed by atoms with Crippen molar-refractivity contribution in [3.63, 3.8) is 0 Å². The number of hydrogen-bond donors (Lipinski definition) is 2. The Bertz CT molecular complexity index is 486. The molecule has 0 unspecified atom stereocenters. The van der Waals surface area contributed by atoms with Crippen molar-refractivity contribution >= 4 is 5.91 Å². The first-order valence-corrected chi connectivity index (χ1v) is 6.90. The minimum absolute atomic E-state index is 0.0517. The normalized spacial score (nSPS) is 10.6. The van der Waals surface area contributed by atoms with Gasteiger partial charge in [-0.25, -0.2) is 0 Å². The van der Waals surface area contributed by atoms with E-state index in [0.717, 1.165) is 12.0 Å². The summed E-state index contributed by atoms with van der Waals surface area (Å²) in [7, 11) is 0. The van der Waals surface area contributed by atoms with Crippen molar-refractivity contribution in [3.05, 3.63) is 35.4 Å². The molecule has 0 aliphatic carbocycles. The Hall–Kier alpha value is -1.79. The summed E-state index contributed by atoms with van der Waals surface area (Å²) in [6.45, 7) is 7.21. The number of amides is 1. The lowest BCUT2D eigenvalue weighted by Gasteiger charge is -2.18. The van der Waals surface area contributed by atoms with Crippen LogP contribution in [-0.4, -0.2) is 24.2 Å². The molecule has 0 spiro atoms. The van der Waals surface area contributed by atoms with E-state index in [1.54, 1.807) is 12.1 Å². The van der Waals surface area contributed by atoms with E-state index in [-0.39, 0.29) is 17.9 Å². The summed E-state index contributed by atoms with van der Waals surface area (Å²) < 4.78 is 0. The van der Waals surface area contributed by atoms with Crippen molar-refractivity contribution in [2.45, 2.75) is 33.6 Å². The molecule has 1 aromatic rings. The number of hydrogen-bond acceptors (Lipinski definition) is 2. The Labute approximate surface area is 121 Å². The van der Waals surface area contributed by atoms with Crippen LogP contribution >= 0.6 is 0 Å². The van der Waals surface area contributed by atoms with Gasteiger partial charge in [-0.3, -0.25) is 4.79 Å². The first-order valence-electron chi connectivity index (χ1n) is 6.90. The molecule has 20 heavy (non-hydrogen) atoms. The van der Waals surface area contributed by atoms with Crippen LogP contribution in [0.5, 0.6) is 0 Å². The van der Waals surface area contributed by atoms with E-state index < -0.39 is 0 Å². The average molecular weight is 273 g/mol. The zero-order valence-electron chi connectivity index (χ0n) is 12.5. The molecule has 0 heterocycles. The van der Waals surface area contributed by atoms with Gasteiger partial charge in [0, 0.05) is 24.1 Å². The highest BCUT2D eigenvalue weighted by molar-refractivity contribution is 5.94. The van der Waals surface area contributed by atoms with Crippen LogP contribution in [0.4, 0.5) is 0 Å². The maximum absolute atomic E-state index is 11.9. The van der Waals surface area contributed by atoms with Crippen LogP contribution in [0.1, 0.15) is 49.5 Å². The van der Waals surface area contributed by atoms with Crippen LogP contribution in [0.15, 0.2) is 24.3 Å². The number of aliphatic hydroxyl groups is 1. The SMILES string of the molecule is CC(C)(C)CCNC(=O)c1ccc(C#CCCO)cc1. The van der Waals surface area contributed by atoms with Crippen LogP contribution in [0, 0.1) is 17.3 Å². The second kappa shape index (κ2) is 7.72. The smallest absolute Gasteiger partial charge is 0.251 e. The van der Waals surface area contributed by atoms with Gasteiger partial charge in [-0.05, 0) is 36.1 Å². The van der Waals surface area contributed by atoms with Gasteiger partial charge in [0.05, 0.1) is 6.61 Å². The predicted molar refractivity (Wildman–Crippen MR) is 81.4 cm³/mol. The minimum Gasteiger partial charge on any atom is -0.395 e. The molecule has 108 valence electrons. The number of carbonyl (C=O) groups excluding carboxylic acids is 1. The summed E-state index contributed by atoms with van der Waals surface area (Å²) in [5, 5.41) is 11.6. The highest BCUT2D eigenvalue weighted by Crippen LogP contribution is 2.17. The third-order valence-electron chi connectivity index (χ3n) is 2.78. The second-order valence-corrected chi connectivity index (χ2v) is 5.92. The van der Waals surface area contributed by atoms with Gasteiger partial charge < -0.3 is 10.4 Å². The minimum atomic E-state index is -0.0517. The van der Waals surface area contributed by atoms with E-state index in [9.17, 15) is 4.79 Å². The van der Waals surface area contributed by atoms with E-state index in [1.165, 1.54) is 0 Å². The quantitative estimate of drug-likeness (QED) is 0.828. The Morgan fingerprint density at radius 1 is 1.25 bits per heavy atom. The van der Waals surface area contributed by atoms with Gasteiger partial charge in [-0.1, -0.05) is 32.6 Å². The molecular formula is C17H23NO2. The molecule has 0 radical (unpaired) electrons. The fourth-order valence-corrected chi connectivity index (χ4v) is 1.58. The molecule has 1 rings (SSSR count). The Morgan fingerprint density at radius 2 is 1.90 bits per heavy atom. The van der Waals surface area contributed by atoms with Gasteiger partial charge in [0.15, 0.2) is 0 Å². The van der Waals surface area contributed by atoms with E-state index in [0.29, 0.717) is 18.5 Å². The standard InChI is InChI=1S/C17H23NO2/c1-17(2,3)11-12-18-16(20)15-9-7-14(8-10-15)6-4-5-13-19/h7-10,19H,5,11-13H2,1-3H3,(H,18,20). The van der Waals surface area contributed by atoms with E-state index >= 15 is 0 Å². The first-order chi connectivity index (χ1) is 9.42. The maximum Gasteiger partial charge on any atom is 0.251 e. The maximum atomic E-state index is 11.9. The Balaban J connectivity index is 2.52. The summed E-state index contributed by atoms with van der Waals surface area (Å²) >= 11 is 0. The van der Waals surface area contributed by atoms with Crippen LogP contribution in [0.3, 0.4) is 0 Å². The van der Waals surface area contributed by atoms with Gasteiger partial charge in [-0.15, -0.1) is 0 Å². The third kappa shape index (κ3) is 6.40. The molecule has 0 saturated carbocycles. The van der Waals surface area contributed by atoms with Gasteiger partial charge in [-0.2, -0.15) is 0 Å². The number of aliphatic hydroxyl groups excluding tert-OH is 1. The van der Waals surface area contributed by atoms with Gasteiger partial charge in [0.25, 0.3) is 5.91 Å². The van der Waals surface area contributed by atoms with E-state index in [1.807, 2.05) is 12.1 Å². The topological polar surface area (TPSA) is 49.3 Å². The predicted octanol–water partition coefficient (Wildman–Crippen LogP) is 2.59. The summed E-state index contributed by atoms with van der Waals surface area (Å²) in [5.74, 6) is 5.73. The van der Waals surface area contributed by atoms with Gasteiger partial charge in [0.1, 0.15) is 0 Å². The van der Waals surface area contributed by atoms with Gasteiger partial charge >= 0.3 is 0 Å². The fraction of sp³-hybridized carbons (Fsp3) is 0.471. The van der Waals surface area contributed by atoms with Crippen LogP contribution < -0.4 is 5.32 Å². The second-order valence-electron chi connectivity index (χ2n) is 5.92. The molecule has 0 saturated heterocycles. The summed E-state index contributed by atoms with van der Waals surface area (Å²) in [4.78, 5) is 11.9. The molecule has 0 fully saturated rings. The van der Waals surface area contributed by atoms with Crippen molar-refractivity contribution in [2.75, 3.05) is 13.2 Å². The summed E-state index contributed by atoms with van der Waals surface area (Å²) in [6.07, 6.45) is 1.42. The highest BCUT2D eigenvalue weighted by atomic mass is 16.2. The molecule has 0 aliphatic rings. The Kier molecular flexibility index (Phi) is 6.27. The first kappa shape index (κ1) is 16.3. The molecule has 2 N–H and O–H groups in total. The molecule has 0 aromatic heterocycles. The zero-order valence-corrected chi connectivity index (χ0v) is 12.5. The number of benzene rings is 1. The number of rotatable bonds is 4. The van der Waals surface area contributed by atoms with E-state index in [2.05, 4.69) is 37.9 Å². The van der Waals surface area contributed by atoms with Crippen LogP contribution in [0.25, 0.3) is 0 Å². The van der Waals surface area contributed by atoms with Crippen molar-refractivity contribution in [2.24, 2.45) is 5.41 Å². The lowest BCUT2D eigenvalue weighted by Crippen LogP contribution is -2.27. The number of carbonyl (C=O) groups is 1. The van der Waals surface area contributed by atoms with Crippen molar-refractivity contribution < 1.29 is 9.90 Å². The molecule has 1 amide bonds. The third-order valence-corrected chi connectivity index (χ3v) is 2.78. The fourth-order valence-electron chi connectivity index (χ4n) is 1.58. The average Bonchev–Trinajstić information content (AvgIpc) is 2.38. The lowest BCUT2D eigenvalue weighted by atomic mass is 9.92. The molecular weight excluding hydrogens is 250 g/mol.